The predicted molar refractivity (Wildman–Crippen MR) is 130 cm³/mol. The molecule has 6 nitrogen and oxygen atoms in total. The standard InChI is InChI=1S/C28H20N2O4/c29-17-23(27(31)30-24-13-11-21(12-14-24)28(32)33)15-19-5-3-9-25(16-19)34-18-22-8-4-7-20-6-1-2-10-26(20)22/h1-16H,18H2,(H,30,31)(H,32,33)/b23-15+. The molecule has 4 rings (SSSR count). The van der Waals surface area contributed by atoms with Crippen molar-refractivity contribution >= 4 is 34.4 Å². The van der Waals surface area contributed by atoms with E-state index >= 15 is 0 Å². The predicted octanol–water partition coefficient (Wildman–Crippen LogP) is 5.66. The van der Waals surface area contributed by atoms with Gasteiger partial charge in [-0.25, -0.2) is 4.79 Å². The lowest BCUT2D eigenvalue weighted by atomic mass is 10.1. The lowest BCUT2D eigenvalue weighted by Crippen LogP contribution is -2.13. The second-order valence-electron chi connectivity index (χ2n) is 7.51. The van der Waals surface area contributed by atoms with Crippen LogP contribution in [0.5, 0.6) is 5.75 Å². The fourth-order valence-corrected chi connectivity index (χ4v) is 3.48. The lowest BCUT2D eigenvalue weighted by Gasteiger charge is -2.10. The molecule has 4 aromatic rings. The molecular formula is C28H20N2O4. The number of carboxylic acid groups (broad SMARTS) is 1. The molecule has 0 atom stereocenters. The smallest absolute Gasteiger partial charge is 0.335 e. The Morgan fingerprint density at radius 1 is 0.941 bits per heavy atom. The summed E-state index contributed by atoms with van der Waals surface area (Å²) in [5, 5.41) is 23.3. The van der Waals surface area contributed by atoms with Gasteiger partial charge in [-0.2, -0.15) is 5.26 Å². The van der Waals surface area contributed by atoms with E-state index in [1.54, 1.807) is 18.2 Å². The Morgan fingerprint density at radius 2 is 1.68 bits per heavy atom. The molecule has 0 heterocycles. The van der Waals surface area contributed by atoms with Gasteiger partial charge in [0.05, 0.1) is 5.56 Å². The number of hydrogen-bond acceptors (Lipinski definition) is 4. The zero-order chi connectivity index (χ0) is 23.9. The molecule has 0 spiro atoms. The first kappa shape index (κ1) is 22.3. The summed E-state index contributed by atoms with van der Waals surface area (Å²) in [6.45, 7) is 0.381. The number of nitrogens with zero attached hydrogens (tertiary/aromatic N) is 1. The minimum atomic E-state index is -1.06. The third kappa shape index (κ3) is 5.29. The largest absolute Gasteiger partial charge is 0.489 e. The van der Waals surface area contributed by atoms with Crippen molar-refractivity contribution < 1.29 is 19.4 Å². The van der Waals surface area contributed by atoms with Crippen molar-refractivity contribution in [2.24, 2.45) is 0 Å². The van der Waals surface area contributed by atoms with Gasteiger partial charge in [0.2, 0.25) is 0 Å². The first-order valence-corrected chi connectivity index (χ1v) is 10.5. The number of anilines is 1. The summed E-state index contributed by atoms with van der Waals surface area (Å²) in [5.74, 6) is -1.03. The Labute approximate surface area is 196 Å². The summed E-state index contributed by atoms with van der Waals surface area (Å²) in [4.78, 5) is 23.5. The van der Waals surface area contributed by atoms with E-state index in [2.05, 4.69) is 23.5 Å². The second kappa shape index (κ2) is 10.2. The van der Waals surface area contributed by atoms with Crippen molar-refractivity contribution in [2.45, 2.75) is 6.61 Å². The van der Waals surface area contributed by atoms with Crippen LogP contribution in [0.4, 0.5) is 5.69 Å². The highest BCUT2D eigenvalue weighted by atomic mass is 16.5. The summed E-state index contributed by atoms with van der Waals surface area (Å²) < 4.78 is 5.98. The molecule has 0 aliphatic rings. The lowest BCUT2D eigenvalue weighted by molar-refractivity contribution is -0.112. The molecule has 0 aliphatic carbocycles. The topological polar surface area (TPSA) is 99.4 Å². The zero-order valence-corrected chi connectivity index (χ0v) is 18.1. The number of fused-ring (bicyclic) bond motifs is 1. The number of carbonyl (C=O) groups is 2. The van der Waals surface area contributed by atoms with Crippen LogP contribution in [0.3, 0.4) is 0 Å². The highest BCUT2D eigenvalue weighted by molar-refractivity contribution is 6.09. The maximum Gasteiger partial charge on any atom is 0.335 e. The number of ether oxygens (including phenoxy) is 1. The van der Waals surface area contributed by atoms with E-state index in [-0.39, 0.29) is 11.1 Å². The van der Waals surface area contributed by atoms with Crippen molar-refractivity contribution in [3.05, 3.63) is 113 Å². The highest BCUT2D eigenvalue weighted by Gasteiger charge is 2.11. The number of nitrogens with one attached hydrogen (secondary N) is 1. The number of carboxylic acids is 1. The molecule has 0 bridgehead atoms. The molecule has 0 saturated heterocycles. The van der Waals surface area contributed by atoms with E-state index in [4.69, 9.17) is 9.84 Å². The maximum absolute atomic E-state index is 12.5. The molecule has 0 fully saturated rings. The molecule has 34 heavy (non-hydrogen) atoms. The summed E-state index contributed by atoms with van der Waals surface area (Å²) >= 11 is 0. The monoisotopic (exact) mass is 448 g/mol. The van der Waals surface area contributed by atoms with Gasteiger partial charge in [-0.1, -0.05) is 54.6 Å². The Bertz CT molecular complexity index is 1430. The van der Waals surface area contributed by atoms with Crippen molar-refractivity contribution in [1.82, 2.24) is 0 Å². The Morgan fingerprint density at radius 3 is 2.44 bits per heavy atom. The van der Waals surface area contributed by atoms with Crippen LogP contribution < -0.4 is 10.1 Å². The van der Waals surface area contributed by atoms with Gasteiger partial charge in [0.25, 0.3) is 5.91 Å². The fourth-order valence-electron chi connectivity index (χ4n) is 3.48. The van der Waals surface area contributed by atoms with Gasteiger partial charge in [-0.15, -0.1) is 0 Å². The summed E-state index contributed by atoms with van der Waals surface area (Å²) in [5.41, 5.74) is 2.11. The van der Waals surface area contributed by atoms with E-state index < -0.39 is 11.9 Å². The van der Waals surface area contributed by atoms with Gasteiger partial charge >= 0.3 is 5.97 Å². The van der Waals surface area contributed by atoms with E-state index in [0.717, 1.165) is 16.3 Å². The number of aromatic carboxylic acids is 1. The molecule has 0 radical (unpaired) electrons. The molecule has 0 aromatic heterocycles. The molecule has 0 unspecified atom stereocenters. The normalized spacial score (nSPS) is 11.0. The number of rotatable bonds is 7. The van der Waals surface area contributed by atoms with Gasteiger partial charge in [0.15, 0.2) is 0 Å². The quantitative estimate of drug-likeness (QED) is 0.281. The molecule has 1 amide bonds. The first-order chi connectivity index (χ1) is 16.5. The maximum atomic E-state index is 12.5. The SMILES string of the molecule is N#C/C(=C\c1cccc(OCc2cccc3ccccc23)c1)C(=O)Nc1ccc(C(=O)O)cc1. The average molecular weight is 448 g/mol. The number of carbonyl (C=O) groups excluding carboxylic acids is 1. The van der Waals surface area contributed by atoms with E-state index in [1.807, 2.05) is 36.4 Å². The van der Waals surface area contributed by atoms with Crippen LogP contribution in [0.2, 0.25) is 0 Å². The number of amides is 1. The number of nitriles is 1. The Balaban J connectivity index is 1.47. The van der Waals surface area contributed by atoms with Gasteiger partial charge < -0.3 is 15.2 Å². The molecule has 2 N–H and O–H groups in total. The fraction of sp³-hybridized carbons (Fsp3) is 0.0357. The van der Waals surface area contributed by atoms with Crippen molar-refractivity contribution in [3.63, 3.8) is 0 Å². The van der Waals surface area contributed by atoms with Crippen LogP contribution in [-0.2, 0) is 11.4 Å². The molecule has 0 saturated carbocycles. The van der Waals surface area contributed by atoms with E-state index in [1.165, 1.54) is 30.3 Å². The van der Waals surface area contributed by atoms with Crippen LogP contribution in [-0.4, -0.2) is 17.0 Å². The van der Waals surface area contributed by atoms with Crippen LogP contribution in [0.25, 0.3) is 16.8 Å². The minimum Gasteiger partial charge on any atom is -0.489 e. The van der Waals surface area contributed by atoms with Crippen molar-refractivity contribution in [1.29, 1.82) is 5.26 Å². The number of hydrogen-bond donors (Lipinski definition) is 2. The first-order valence-electron chi connectivity index (χ1n) is 10.5. The van der Waals surface area contributed by atoms with Crippen LogP contribution in [0, 0.1) is 11.3 Å². The van der Waals surface area contributed by atoms with Crippen LogP contribution in [0.15, 0.2) is 96.6 Å². The number of benzene rings is 4. The Kier molecular flexibility index (Phi) is 6.66. The van der Waals surface area contributed by atoms with Crippen molar-refractivity contribution in [3.8, 4) is 11.8 Å². The molecule has 4 aromatic carbocycles. The third-order valence-corrected chi connectivity index (χ3v) is 5.20. The van der Waals surface area contributed by atoms with Gasteiger partial charge in [0, 0.05) is 5.69 Å². The Hall–Kier alpha value is -4.89. The highest BCUT2D eigenvalue weighted by Crippen LogP contribution is 2.22. The van der Waals surface area contributed by atoms with Gasteiger partial charge in [-0.05, 0) is 64.4 Å². The minimum absolute atomic E-state index is 0.0893. The molecular weight excluding hydrogens is 428 g/mol. The summed E-state index contributed by atoms with van der Waals surface area (Å²) in [6, 6.07) is 28.9. The third-order valence-electron chi connectivity index (χ3n) is 5.20. The molecule has 0 aliphatic heterocycles. The van der Waals surface area contributed by atoms with Gasteiger partial charge in [0.1, 0.15) is 24.0 Å². The van der Waals surface area contributed by atoms with E-state index in [0.29, 0.717) is 23.6 Å². The average Bonchev–Trinajstić information content (AvgIpc) is 2.86. The summed E-state index contributed by atoms with van der Waals surface area (Å²) in [6.07, 6.45) is 1.48. The van der Waals surface area contributed by atoms with Crippen LogP contribution in [0.1, 0.15) is 21.5 Å². The van der Waals surface area contributed by atoms with E-state index in [9.17, 15) is 14.9 Å². The van der Waals surface area contributed by atoms with Crippen molar-refractivity contribution in [2.75, 3.05) is 5.32 Å². The second-order valence-corrected chi connectivity index (χ2v) is 7.51. The summed E-state index contributed by atoms with van der Waals surface area (Å²) in [7, 11) is 0. The molecule has 166 valence electrons. The van der Waals surface area contributed by atoms with Gasteiger partial charge in [-0.3, -0.25) is 4.79 Å². The molecule has 6 heteroatoms. The zero-order valence-electron chi connectivity index (χ0n) is 18.1. The van der Waals surface area contributed by atoms with Crippen LogP contribution >= 0.6 is 0 Å².